The summed E-state index contributed by atoms with van der Waals surface area (Å²) in [6.07, 6.45) is -7.03. The third-order valence-electron chi connectivity index (χ3n) is 1.98. The van der Waals surface area contributed by atoms with Crippen LogP contribution < -0.4 is 29.6 Å². The third-order valence-corrected chi connectivity index (χ3v) is 1.98. The minimum atomic E-state index is -1.71. The molecule has 0 radical (unpaired) electrons. The predicted octanol–water partition coefficient (Wildman–Crippen LogP) is -5.60. The molecule has 0 bridgehead atoms. The van der Waals surface area contributed by atoms with E-state index >= 15 is 0 Å². The summed E-state index contributed by atoms with van der Waals surface area (Å²) in [4.78, 5) is 10.1. The molecule has 6 N–H and O–H groups in total. The van der Waals surface area contributed by atoms with Gasteiger partial charge < -0.3 is 32.1 Å². The summed E-state index contributed by atoms with van der Waals surface area (Å²) in [6.45, 7) is -0.760. The first-order chi connectivity index (χ1) is 6.90. The second kappa shape index (κ2) is 9.32. The maximum absolute atomic E-state index is 10.1. The summed E-state index contributed by atoms with van der Waals surface area (Å²) in [5.41, 5.74) is 0. The molecule has 0 aliphatic rings. The maximum Gasteiger partial charge on any atom is 1.00 e. The van der Waals surface area contributed by atoms with Crippen molar-refractivity contribution in [1.29, 1.82) is 0 Å². The van der Waals surface area contributed by atoms with E-state index in [9.17, 15) is 15.0 Å². The number of rotatable bonds is 7. The number of aliphatic carboxylic acids is 1. The van der Waals surface area contributed by atoms with Gasteiger partial charge in [0.2, 0.25) is 0 Å². The molecule has 8 heteroatoms. The van der Waals surface area contributed by atoms with Crippen LogP contribution in [-0.4, -0.2) is 67.6 Å². The fourth-order valence-corrected chi connectivity index (χ4v) is 1.01. The van der Waals surface area contributed by atoms with Crippen molar-refractivity contribution in [2.24, 2.45) is 0 Å². The van der Waals surface area contributed by atoms with Gasteiger partial charge >= 0.3 is 35.5 Å². The van der Waals surface area contributed by atoms with Crippen LogP contribution in [0.1, 0.15) is 14.3 Å². The molecule has 0 rings (SSSR count). The van der Waals surface area contributed by atoms with Crippen molar-refractivity contribution >= 4 is 5.97 Å². The second-order valence-corrected chi connectivity index (χ2v) is 3.23. The molecule has 0 aliphatic carbocycles. The Hall–Kier alpha value is 0.270. The first-order valence-electron chi connectivity index (χ1n) is 4.45. The summed E-state index contributed by atoms with van der Waals surface area (Å²) in [7, 11) is 0. The molecule has 92 valence electrons. The maximum atomic E-state index is 10.1. The van der Waals surface area contributed by atoms with Crippen LogP contribution in [-0.2, 0) is 4.79 Å². The average molecular weight is 248 g/mol. The van der Waals surface area contributed by atoms with Crippen LogP contribution in [0, 0.1) is 0 Å². The van der Waals surface area contributed by atoms with E-state index in [4.69, 9.17) is 20.4 Å². The fraction of sp³-hybridized carbons (Fsp3) is 0.875. The van der Waals surface area contributed by atoms with E-state index in [1.165, 1.54) is 0 Å². The van der Waals surface area contributed by atoms with Crippen LogP contribution in [0.25, 0.3) is 0 Å². The van der Waals surface area contributed by atoms with Gasteiger partial charge in [-0.15, -0.1) is 0 Å². The van der Waals surface area contributed by atoms with Crippen LogP contribution in [0.15, 0.2) is 0 Å². The average Bonchev–Trinajstić information content (AvgIpc) is 2.22. The third kappa shape index (κ3) is 6.77. The predicted molar refractivity (Wildman–Crippen MR) is 49.1 cm³/mol. The molecular formula is C8H17NaO7. The van der Waals surface area contributed by atoms with E-state index in [0.29, 0.717) is 0 Å². The Morgan fingerprint density at radius 2 is 1.50 bits per heavy atom. The molecule has 7 nitrogen and oxygen atoms in total. The molecule has 0 amide bonds. The monoisotopic (exact) mass is 248 g/mol. The zero-order chi connectivity index (χ0) is 12.0. The van der Waals surface area contributed by atoms with Crippen LogP contribution in [0.3, 0.4) is 0 Å². The van der Waals surface area contributed by atoms with Gasteiger partial charge in [-0.05, 0) is 6.42 Å². The molecule has 0 aromatic heterocycles. The van der Waals surface area contributed by atoms with Gasteiger partial charge in [-0.25, -0.2) is 0 Å². The van der Waals surface area contributed by atoms with Crippen molar-refractivity contribution in [3.8, 4) is 0 Å². The van der Waals surface area contributed by atoms with Gasteiger partial charge in [0.25, 0.3) is 0 Å². The molecule has 0 saturated heterocycles. The standard InChI is InChI=1S/C8H16O7.Na.H/c9-3-5(11)8(15)7(14)4(10)1-2-6(12)13;;/h4-5,7-11,14-15H,1-3H2,(H,12,13);;/q;+1;-1. The van der Waals surface area contributed by atoms with E-state index < -0.39 is 37.0 Å². The van der Waals surface area contributed by atoms with E-state index in [2.05, 4.69) is 0 Å². The topological polar surface area (TPSA) is 138 Å². The van der Waals surface area contributed by atoms with Crippen molar-refractivity contribution < 1.29 is 66.4 Å². The Morgan fingerprint density at radius 1 is 1.06 bits per heavy atom. The summed E-state index contributed by atoms with van der Waals surface area (Å²) in [6, 6.07) is 0. The Balaban J connectivity index is -0.000000980. The Labute approximate surface area is 116 Å². The van der Waals surface area contributed by atoms with Gasteiger partial charge in [0.15, 0.2) is 0 Å². The minimum Gasteiger partial charge on any atom is -1.00 e. The van der Waals surface area contributed by atoms with E-state index in [-0.39, 0.29) is 43.8 Å². The van der Waals surface area contributed by atoms with Crippen LogP contribution in [0.2, 0.25) is 0 Å². The van der Waals surface area contributed by atoms with Gasteiger partial charge in [0.05, 0.1) is 12.7 Å². The van der Waals surface area contributed by atoms with Crippen molar-refractivity contribution in [1.82, 2.24) is 0 Å². The summed E-state index contributed by atoms with van der Waals surface area (Å²) < 4.78 is 0. The van der Waals surface area contributed by atoms with Crippen molar-refractivity contribution in [2.75, 3.05) is 6.61 Å². The summed E-state index contributed by atoms with van der Waals surface area (Å²) >= 11 is 0. The number of hydrogen-bond donors (Lipinski definition) is 6. The molecule has 4 atom stereocenters. The van der Waals surface area contributed by atoms with Gasteiger partial charge in [0, 0.05) is 6.42 Å². The first kappa shape index (κ1) is 18.6. The van der Waals surface area contributed by atoms with Gasteiger partial charge in [-0.3, -0.25) is 4.79 Å². The molecule has 0 aliphatic heterocycles. The number of carboxylic acid groups (broad SMARTS) is 1. The summed E-state index contributed by atoms with van der Waals surface area (Å²) in [5.74, 6) is -1.14. The van der Waals surface area contributed by atoms with Crippen LogP contribution in [0.4, 0.5) is 0 Å². The molecule has 0 aromatic rings. The van der Waals surface area contributed by atoms with Crippen molar-refractivity contribution in [3.05, 3.63) is 0 Å². The molecular weight excluding hydrogens is 231 g/mol. The number of aliphatic hydroxyl groups excluding tert-OH is 5. The van der Waals surface area contributed by atoms with E-state index in [1.807, 2.05) is 0 Å². The molecule has 0 spiro atoms. The number of carboxylic acids is 1. The number of carbonyl (C=O) groups is 1. The SMILES string of the molecule is O=C(O)CCC(O)C(O)C(O)C(O)CO.[H-].[Na+]. The summed E-state index contributed by atoms with van der Waals surface area (Å²) in [5, 5.41) is 53.3. The Morgan fingerprint density at radius 3 is 1.88 bits per heavy atom. The van der Waals surface area contributed by atoms with Gasteiger partial charge in [-0.1, -0.05) is 0 Å². The normalized spacial score (nSPS) is 18.1. The fourth-order valence-electron chi connectivity index (χ4n) is 1.01. The molecule has 4 unspecified atom stereocenters. The number of aliphatic hydroxyl groups is 5. The van der Waals surface area contributed by atoms with Crippen LogP contribution in [0.5, 0.6) is 0 Å². The molecule has 0 fully saturated rings. The smallest absolute Gasteiger partial charge is 1.00 e. The van der Waals surface area contributed by atoms with Crippen LogP contribution >= 0.6 is 0 Å². The molecule has 0 saturated carbocycles. The van der Waals surface area contributed by atoms with E-state index in [0.717, 1.165) is 0 Å². The Kier molecular flexibility index (Phi) is 10.8. The zero-order valence-electron chi connectivity index (χ0n) is 10.0. The first-order valence-corrected chi connectivity index (χ1v) is 4.45. The molecule has 0 aromatic carbocycles. The quantitative estimate of drug-likeness (QED) is 0.247. The molecule has 0 heterocycles. The van der Waals surface area contributed by atoms with E-state index in [1.54, 1.807) is 0 Å². The zero-order valence-corrected chi connectivity index (χ0v) is 11.0. The minimum absolute atomic E-state index is 0. The largest absolute Gasteiger partial charge is 1.00 e. The van der Waals surface area contributed by atoms with Gasteiger partial charge in [-0.2, -0.15) is 0 Å². The van der Waals surface area contributed by atoms with Crippen molar-refractivity contribution in [3.63, 3.8) is 0 Å². The number of hydrogen-bond acceptors (Lipinski definition) is 6. The Bertz CT molecular complexity index is 206. The molecule has 16 heavy (non-hydrogen) atoms. The second-order valence-electron chi connectivity index (χ2n) is 3.23. The van der Waals surface area contributed by atoms with Gasteiger partial charge in [0.1, 0.15) is 18.3 Å². The van der Waals surface area contributed by atoms with Crippen molar-refractivity contribution in [2.45, 2.75) is 37.3 Å².